The normalized spacial score (nSPS) is 15.9. The summed E-state index contributed by atoms with van der Waals surface area (Å²) >= 11 is 0. The molecule has 0 amide bonds. The van der Waals surface area contributed by atoms with Gasteiger partial charge in [0.25, 0.3) is 0 Å². The highest BCUT2D eigenvalue weighted by Crippen LogP contribution is 2.28. The quantitative estimate of drug-likeness (QED) is 0.462. The molecule has 164 valence electrons. The lowest BCUT2D eigenvalue weighted by Gasteiger charge is -2.32. The van der Waals surface area contributed by atoms with Gasteiger partial charge in [-0.3, -0.25) is 9.88 Å². The zero-order chi connectivity index (χ0) is 22.1. The summed E-state index contributed by atoms with van der Waals surface area (Å²) in [7, 11) is 0. The summed E-state index contributed by atoms with van der Waals surface area (Å²) < 4.78 is 5.48. The molecule has 5 heteroatoms. The number of aromatic nitrogens is 2. The van der Waals surface area contributed by atoms with Crippen molar-refractivity contribution in [2.45, 2.75) is 32.7 Å². The number of nitrogens with zero attached hydrogens (tertiary/aromatic N) is 3. The number of anilines is 1. The van der Waals surface area contributed by atoms with E-state index in [4.69, 9.17) is 10.5 Å². The van der Waals surface area contributed by atoms with Crippen molar-refractivity contribution in [3.63, 3.8) is 0 Å². The number of nitrogens with two attached hydrogens (primary N) is 1. The van der Waals surface area contributed by atoms with Crippen LogP contribution in [0.2, 0.25) is 0 Å². The first kappa shape index (κ1) is 20.9. The predicted molar refractivity (Wildman–Crippen MR) is 131 cm³/mol. The van der Waals surface area contributed by atoms with Crippen molar-refractivity contribution in [3.8, 4) is 0 Å². The van der Waals surface area contributed by atoms with Gasteiger partial charge in [0, 0.05) is 36.1 Å². The number of pyridine rings is 2. The van der Waals surface area contributed by atoms with Gasteiger partial charge in [-0.2, -0.15) is 0 Å². The fourth-order valence-corrected chi connectivity index (χ4v) is 4.63. The van der Waals surface area contributed by atoms with Crippen molar-refractivity contribution in [1.82, 2.24) is 14.9 Å². The molecule has 2 aromatic carbocycles. The number of morpholine rings is 1. The number of fused-ring (bicyclic) bond motifs is 3. The van der Waals surface area contributed by atoms with Gasteiger partial charge in [-0.1, -0.05) is 36.4 Å². The van der Waals surface area contributed by atoms with Gasteiger partial charge in [-0.15, -0.1) is 0 Å². The Balaban J connectivity index is 1.33. The molecule has 0 spiro atoms. The van der Waals surface area contributed by atoms with E-state index >= 15 is 0 Å². The second kappa shape index (κ2) is 8.85. The minimum Gasteiger partial charge on any atom is -0.382 e. The predicted octanol–water partition coefficient (Wildman–Crippen LogP) is 4.85. The van der Waals surface area contributed by atoms with Gasteiger partial charge >= 0.3 is 0 Å². The molecule has 5 rings (SSSR count). The molecule has 2 N–H and O–H groups in total. The maximum atomic E-state index is 6.20. The summed E-state index contributed by atoms with van der Waals surface area (Å²) in [5.41, 5.74) is 13.0. The molecular formula is C27H30N4O. The van der Waals surface area contributed by atoms with E-state index in [1.165, 1.54) is 22.3 Å². The Morgan fingerprint density at radius 2 is 1.72 bits per heavy atom. The topological polar surface area (TPSA) is 64.3 Å². The number of ether oxygens (including phenoxy) is 1. The van der Waals surface area contributed by atoms with Crippen molar-refractivity contribution in [2.24, 2.45) is 0 Å². The van der Waals surface area contributed by atoms with E-state index in [1.807, 2.05) is 6.20 Å². The third-order valence-electron chi connectivity index (χ3n) is 6.63. The van der Waals surface area contributed by atoms with Gasteiger partial charge in [0.05, 0.1) is 18.7 Å². The Kier molecular flexibility index (Phi) is 5.77. The number of hydrogen-bond donors (Lipinski definition) is 1. The maximum absolute atomic E-state index is 6.20. The Labute approximate surface area is 189 Å². The molecule has 1 unspecified atom stereocenters. The van der Waals surface area contributed by atoms with Crippen LogP contribution < -0.4 is 5.73 Å². The zero-order valence-electron chi connectivity index (χ0n) is 18.8. The lowest BCUT2D eigenvalue weighted by Crippen LogP contribution is -2.37. The van der Waals surface area contributed by atoms with Gasteiger partial charge in [0.1, 0.15) is 5.52 Å². The molecule has 5 nitrogen and oxygen atoms in total. The minimum atomic E-state index is 0.425. The van der Waals surface area contributed by atoms with Crippen molar-refractivity contribution >= 4 is 27.6 Å². The Morgan fingerprint density at radius 3 is 2.50 bits per heavy atom. The standard InChI is InChI=1S/C27H30N4O/c1-18-3-10-23-24-16-21(17-29-26(24)27(28)30-25(23)15-18)5-4-20-6-8-22(9-7-20)19(2)31-11-13-32-14-12-31/h3,6-10,15-17,19H,4-5,11-14H2,1-2H3,(H2,28,30). The van der Waals surface area contributed by atoms with Crippen LogP contribution in [0.5, 0.6) is 0 Å². The largest absolute Gasteiger partial charge is 0.382 e. The first-order chi connectivity index (χ1) is 15.6. The van der Waals surface area contributed by atoms with Gasteiger partial charge in [0.15, 0.2) is 5.82 Å². The maximum Gasteiger partial charge on any atom is 0.150 e. The molecule has 0 saturated carbocycles. The number of nitrogen functional groups attached to an aromatic ring is 1. The summed E-state index contributed by atoms with van der Waals surface area (Å²) in [6.45, 7) is 8.03. The van der Waals surface area contributed by atoms with Crippen molar-refractivity contribution < 1.29 is 4.74 Å². The molecule has 2 aromatic heterocycles. The summed E-state index contributed by atoms with van der Waals surface area (Å²) in [6, 6.07) is 18.1. The number of hydrogen-bond acceptors (Lipinski definition) is 5. The Morgan fingerprint density at radius 1 is 0.969 bits per heavy atom. The van der Waals surface area contributed by atoms with E-state index in [-0.39, 0.29) is 0 Å². The minimum absolute atomic E-state index is 0.425. The molecule has 0 aliphatic carbocycles. The second-order valence-corrected chi connectivity index (χ2v) is 8.82. The first-order valence-electron chi connectivity index (χ1n) is 11.4. The van der Waals surface area contributed by atoms with Crippen LogP contribution in [0.15, 0.2) is 54.7 Å². The Bertz CT molecular complexity index is 1250. The molecule has 3 heterocycles. The van der Waals surface area contributed by atoms with Crippen LogP contribution in [0.3, 0.4) is 0 Å². The first-order valence-corrected chi connectivity index (χ1v) is 11.4. The van der Waals surface area contributed by atoms with Crippen molar-refractivity contribution in [1.29, 1.82) is 0 Å². The third-order valence-corrected chi connectivity index (χ3v) is 6.63. The highest BCUT2D eigenvalue weighted by atomic mass is 16.5. The lowest BCUT2D eigenvalue weighted by atomic mass is 10.00. The highest BCUT2D eigenvalue weighted by Gasteiger charge is 2.18. The SMILES string of the molecule is Cc1ccc2c(c1)nc(N)c1ncc(CCc3ccc(C(C)N4CCOCC4)cc3)cc12. The van der Waals surface area contributed by atoms with Crippen molar-refractivity contribution in [3.05, 3.63) is 77.0 Å². The van der Waals surface area contributed by atoms with E-state index in [0.717, 1.165) is 61.0 Å². The summed E-state index contributed by atoms with van der Waals surface area (Å²) in [5, 5.41) is 2.19. The Hall–Kier alpha value is -3.02. The van der Waals surface area contributed by atoms with E-state index < -0.39 is 0 Å². The molecule has 1 saturated heterocycles. The van der Waals surface area contributed by atoms with Crippen molar-refractivity contribution in [2.75, 3.05) is 32.0 Å². The second-order valence-electron chi connectivity index (χ2n) is 8.82. The van der Waals surface area contributed by atoms with Crippen LogP contribution in [0.25, 0.3) is 21.8 Å². The zero-order valence-corrected chi connectivity index (χ0v) is 18.8. The average molecular weight is 427 g/mol. The van der Waals surface area contributed by atoms with Crippen LogP contribution in [0.4, 0.5) is 5.82 Å². The fourth-order valence-electron chi connectivity index (χ4n) is 4.63. The molecule has 0 bridgehead atoms. The van der Waals surface area contributed by atoms with Crippen LogP contribution in [-0.2, 0) is 17.6 Å². The van der Waals surface area contributed by atoms with Gasteiger partial charge in [0.2, 0.25) is 0 Å². The van der Waals surface area contributed by atoms with Crippen LogP contribution >= 0.6 is 0 Å². The molecule has 1 atom stereocenters. The average Bonchev–Trinajstić information content (AvgIpc) is 2.83. The molecule has 0 radical (unpaired) electrons. The molecule has 32 heavy (non-hydrogen) atoms. The van der Waals surface area contributed by atoms with E-state index in [2.05, 4.69) is 77.2 Å². The van der Waals surface area contributed by atoms with Gasteiger partial charge in [-0.05, 0) is 61.1 Å². The van der Waals surface area contributed by atoms with E-state index in [9.17, 15) is 0 Å². The molecule has 1 aliphatic heterocycles. The van der Waals surface area contributed by atoms with E-state index in [0.29, 0.717) is 11.9 Å². The van der Waals surface area contributed by atoms with Crippen LogP contribution in [-0.4, -0.2) is 41.2 Å². The summed E-state index contributed by atoms with van der Waals surface area (Å²) in [4.78, 5) is 11.7. The van der Waals surface area contributed by atoms with E-state index in [1.54, 1.807) is 0 Å². The lowest BCUT2D eigenvalue weighted by molar-refractivity contribution is 0.0198. The third kappa shape index (κ3) is 4.18. The van der Waals surface area contributed by atoms with Gasteiger partial charge < -0.3 is 10.5 Å². The number of rotatable bonds is 5. The number of benzene rings is 2. The highest BCUT2D eigenvalue weighted by molar-refractivity contribution is 6.08. The molecule has 4 aromatic rings. The van der Waals surface area contributed by atoms with Crippen LogP contribution in [0, 0.1) is 6.92 Å². The summed E-state index contributed by atoms with van der Waals surface area (Å²) in [6.07, 6.45) is 3.86. The molecule has 1 fully saturated rings. The fraction of sp³-hybridized carbons (Fsp3) is 0.333. The van der Waals surface area contributed by atoms with Gasteiger partial charge in [-0.25, -0.2) is 4.98 Å². The van der Waals surface area contributed by atoms with Crippen LogP contribution in [0.1, 0.15) is 35.2 Å². The molecule has 1 aliphatic rings. The summed E-state index contributed by atoms with van der Waals surface area (Å²) in [5.74, 6) is 0.495. The monoisotopic (exact) mass is 426 g/mol. The number of aryl methyl sites for hydroxylation is 3. The smallest absolute Gasteiger partial charge is 0.150 e. The molecular weight excluding hydrogens is 396 g/mol.